The predicted octanol–water partition coefficient (Wildman–Crippen LogP) is 1.58. The van der Waals surface area contributed by atoms with E-state index >= 15 is 0 Å². The van der Waals surface area contributed by atoms with Gasteiger partial charge < -0.3 is 9.72 Å². The van der Waals surface area contributed by atoms with Crippen LogP contribution in [0.4, 0.5) is 0 Å². The van der Waals surface area contributed by atoms with Crippen molar-refractivity contribution in [2.45, 2.75) is 18.5 Å². The Hall–Kier alpha value is -1.05. The molecule has 20 heavy (non-hydrogen) atoms. The summed E-state index contributed by atoms with van der Waals surface area (Å²) in [5.74, 6) is 0.702. The van der Waals surface area contributed by atoms with E-state index in [-0.39, 0.29) is 5.75 Å². The standard InChI is InChI=1S/C13H19N3O2S2/c1-3-14-10-11-13(19-8-9-20(2,17)18)15-12-6-4-5-7-16(11)12/h4-7,14H,3,8-10H2,1-2H3. The van der Waals surface area contributed by atoms with Crippen molar-refractivity contribution in [3.05, 3.63) is 30.1 Å². The van der Waals surface area contributed by atoms with Gasteiger partial charge in [0, 0.05) is 24.8 Å². The molecule has 0 saturated heterocycles. The number of pyridine rings is 1. The number of fused-ring (bicyclic) bond motifs is 1. The number of hydrogen-bond acceptors (Lipinski definition) is 5. The third-order valence-corrected chi connectivity index (χ3v) is 5.04. The SMILES string of the molecule is CCNCc1c(SCCS(C)(=O)=O)nc2ccccn12. The Morgan fingerprint density at radius 3 is 2.90 bits per heavy atom. The molecule has 0 aliphatic rings. The first kappa shape index (κ1) is 15.3. The molecule has 1 N–H and O–H groups in total. The zero-order valence-electron chi connectivity index (χ0n) is 11.7. The molecule has 0 bridgehead atoms. The first-order valence-corrected chi connectivity index (χ1v) is 9.53. The molecule has 2 aromatic rings. The smallest absolute Gasteiger partial charge is 0.148 e. The van der Waals surface area contributed by atoms with Crippen molar-refractivity contribution in [2.75, 3.05) is 24.3 Å². The van der Waals surface area contributed by atoms with E-state index in [2.05, 4.69) is 17.2 Å². The second-order valence-corrected chi connectivity index (χ2v) is 7.89. The largest absolute Gasteiger partial charge is 0.311 e. The monoisotopic (exact) mass is 313 g/mol. The van der Waals surface area contributed by atoms with Crippen LogP contribution < -0.4 is 5.32 Å². The van der Waals surface area contributed by atoms with Crippen molar-refractivity contribution < 1.29 is 8.42 Å². The van der Waals surface area contributed by atoms with Crippen molar-refractivity contribution in [1.82, 2.24) is 14.7 Å². The number of nitrogens with zero attached hydrogens (tertiary/aromatic N) is 2. The Bertz CT molecular complexity index is 680. The topological polar surface area (TPSA) is 63.5 Å². The molecule has 2 heterocycles. The van der Waals surface area contributed by atoms with Crippen LogP contribution in [0.25, 0.3) is 5.65 Å². The second-order valence-electron chi connectivity index (χ2n) is 4.55. The highest BCUT2D eigenvalue weighted by molar-refractivity contribution is 8.00. The van der Waals surface area contributed by atoms with Gasteiger partial charge in [-0.3, -0.25) is 0 Å². The van der Waals surface area contributed by atoms with E-state index in [1.165, 1.54) is 18.0 Å². The minimum atomic E-state index is -2.93. The lowest BCUT2D eigenvalue weighted by Gasteiger charge is -2.05. The Labute approximate surface area is 123 Å². The number of rotatable bonds is 7. The number of hydrogen-bond donors (Lipinski definition) is 1. The van der Waals surface area contributed by atoms with Crippen molar-refractivity contribution >= 4 is 27.2 Å². The van der Waals surface area contributed by atoms with Gasteiger partial charge >= 0.3 is 0 Å². The normalized spacial score (nSPS) is 12.1. The summed E-state index contributed by atoms with van der Waals surface area (Å²) in [5, 5.41) is 4.20. The highest BCUT2D eigenvalue weighted by Gasteiger charge is 2.12. The van der Waals surface area contributed by atoms with Gasteiger partial charge in [0.25, 0.3) is 0 Å². The van der Waals surface area contributed by atoms with Crippen LogP contribution in [0.2, 0.25) is 0 Å². The van der Waals surface area contributed by atoms with Crippen molar-refractivity contribution in [1.29, 1.82) is 0 Å². The number of aromatic nitrogens is 2. The molecular weight excluding hydrogens is 294 g/mol. The molecule has 0 saturated carbocycles. The molecule has 0 amide bonds. The van der Waals surface area contributed by atoms with Gasteiger partial charge in [-0.25, -0.2) is 13.4 Å². The molecule has 0 spiro atoms. The minimum absolute atomic E-state index is 0.173. The van der Waals surface area contributed by atoms with E-state index in [0.29, 0.717) is 5.75 Å². The predicted molar refractivity (Wildman–Crippen MR) is 83.0 cm³/mol. The van der Waals surface area contributed by atoms with Crippen LogP contribution in [0, 0.1) is 0 Å². The van der Waals surface area contributed by atoms with Gasteiger partial charge in [-0.05, 0) is 18.7 Å². The summed E-state index contributed by atoms with van der Waals surface area (Å²) in [6.45, 7) is 3.66. The fraction of sp³-hybridized carbons (Fsp3) is 0.462. The molecular formula is C13H19N3O2S2. The molecule has 0 atom stereocenters. The Morgan fingerprint density at radius 1 is 1.40 bits per heavy atom. The Morgan fingerprint density at radius 2 is 2.20 bits per heavy atom. The van der Waals surface area contributed by atoms with Crippen LogP contribution in [0.15, 0.2) is 29.4 Å². The summed E-state index contributed by atoms with van der Waals surface area (Å²) in [5.41, 5.74) is 1.98. The average molecular weight is 313 g/mol. The molecule has 2 rings (SSSR count). The molecule has 0 aliphatic carbocycles. The highest BCUT2D eigenvalue weighted by Crippen LogP contribution is 2.23. The highest BCUT2D eigenvalue weighted by atomic mass is 32.2. The van der Waals surface area contributed by atoms with Gasteiger partial charge in [-0.1, -0.05) is 13.0 Å². The van der Waals surface area contributed by atoms with Crippen molar-refractivity contribution in [2.24, 2.45) is 0 Å². The van der Waals surface area contributed by atoms with Crippen LogP contribution in [0.5, 0.6) is 0 Å². The van der Waals surface area contributed by atoms with E-state index < -0.39 is 9.84 Å². The van der Waals surface area contributed by atoms with Gasteiger partial charge in [0.2, 0.25) is 0 Å². The number of nitrogens with one attached hydrogen (secondary N) is 1. The lowest BCUT2D eigenvalue weighted by atomic mass is 10.4. The maximum absolute atomic E-state index is 11.2. The van der Waals surface area contributed by atoms with Crippen molar-refractivity contribution in [3.63, 3.8) is 0 Å². The van der Waals surface area contributed by atoms with Crippen LogP contribution in [0.3, 0.4) is 0 Å². The Balaban J connectivity index is 2.22. The summed E-state index contributed by atoms with van der Waals surface area (Å²) >= 11 is 1.50. The molecule has 110 valence electrons. The van der Waals surface area contributed by atoms with Crippen LogP contribution in [-0.2, 0) is 16.4 Å². The van der Waals surface area contributed by atoms with E-state index in [0.717, 1.165) is 29.5 Å². The number of imidazole rings is 1. The molecule has 0 radical (unpaired) electrons. The van der Waals surface area contributed by atoms with Crippen LogP contribution >= 0.6 is 11.8 Å². The zero-order valence-corrected chi connectivity index (χ0v) is 13.3. The van der Waals surface area contributed by atoms with Gasteiger partial charge in [-0.2, -0.15) is 0 Å². The van der Waals surface area contributed by atoms with Crippen LogP contribution in [0.1, 0.15) is 12.6 Å². The molecule has 2 aromatic heterocycles. The Kier molecular flexibility index (Phi) is 5.06. The first-order chi connectivity index (χ1) is 9.51. The van der Waals surface area contributed by atoms with Crippen molar-refractivity contribution in [3.8, 4) is 0 Å². The minimum Gasteiger partial charge on any atom is -0.311 e. The van der Waals surface area contributed by atoms with Gasteiger partial charge in [0.15, 0.2) is 0 Å². The van der Waals surface area contributed by atoms with Crippen LogP contribution in [-0.4, -0.2) is 42.1 Å². The van der Waals surface area contributed by atoms with E-state index in [1.807, 2.05) is 28.8 Å². The first-order valence-electron chi connectivity index (χ1n) is 6.48. The average Bonchev–Trinajstić information content (AvgIpc) is 2.72. The molecule has 0 aliphatic heterocycles. The fourth-order valence-electron chi connectivity index (χ4n) is 1.83. The third kappa shape index (κ3) is 3.97. The van der Waals surface area contributed by atoms with Gasteiger partial charge in [-0.15, -0.1) is 11.8 Å². The summed E-state index contributed by atoms with van der Waals surface area (Å²) in [6.07, 6.45) is 3.24. The van der Waals surface area contributed by atoms with E-state index in [1.54, 1.807) is 0 Å². The zero-order chi connectivity index (χ0) is 14.6. The molecule has 0 fully saturated rings. The maximum atomic E-state index is 11.2. The van der Waals surface area contributed by atoms with Gasteiger partial charge in [0.05, 0.1) is 11.4 Å². The molecule has 7 heteroatoms. The molecule has 0 unspecified atom stereocenters. The maximum Gasteiger partial charge on any atom is 0.148 e. The second kappa shape index (κ2) is 6.60. The quantitative estimate of drug-likeness (QED) is 0.786. The fourth-order valence-corrected chi connectivity index (χ4v) is 4.07. The van der Waals surface area contributed by atoms with E-state index in [4.69, 9.17) is 0 Å². The summed E-state index contributed by atoms with van der Waals surface area (Å²) in [4.78, 5) is 4.58. The third-order valence-electron chi connectivity index (χ3n) is 2.83. The lowest BCUT2D eigenvalue weighted by Crippen LogP contribution is -2.14. The summed E-state index contributed by atoms with van der Waals surface area (Å²) in [6, 6.07) is 5.87. The number of sulfone groups is 1. The van der Waals surface area contributed by atoms with Gasteiger partial charge in [0.1, 0.15) is 20.5 Å². The lowest BCUT2D eigenvalue weighted by molar-refractivity contribution is 0.603. The molecule has 5 nitrogen and oxygen atoms in total. The van der Waals surface area contributed by atoms with E-state index in [9.17, 15) is 8.42 Å². The summed E-state index contributed by atoms with van der Waals surface area (Å²) < 4.78 is 24.4. The molecule has 0 aromatic carbocycles. The number of thioether (sulfide) groups is 1. The summed E-state index contributed by atoms with van der Waals surface area (Å²) in [7, 11) is -2.93.